The van der Waals surface area contributed by atoms with Gasteiger partial charge in [-0.05, 0) is 41.5 Å². The topological polar surface area (TPSA) is 45.9 Å². The third-order valence-electron chi connectivity index (χ3n) is 4.15. The number of halogens is 1. The minimum atomic E-state index is 0.449. The minimum Gasteiger partial charge on any atom is -0.487 e. The molecule has 3 nitrogen and oxygen atoms in total. The first-order valence-electron chi connectivity index (χ1n) is 8.67. The number of benzene rings is 3. The molecule has 0 spiro atoms. The lowest BCUT2D eigenvalue weighted by Crippen LogP contribution is -1.95. The van der Waals surface area contributed by atoms with Gasteiger partial charge in [0, 0.05) is 0 Å². The Kier molecular flexibility index (Phi) is 5.38. The van der Waals surface area contributed by atoms with Gasteiger partial charge in [-0.15, -0.1) is 11.3 Å². The van der Waals surface area contributed by atoms with Gasteiger partial charge in [-0.3, -0.25) is 0 Å². The molecule has 0 atom stereocenters. The van der Waals surface area contributed by atoms with Crippen molar-refractivity contribution in [3.05, 3.63) is 94.0 Å². The first-order chi connectivity index (χ1) is 13.7. The lowest BCUT2D eigenvalue weighted by atomic mass is 10.1. The minimum absolute atomic E-state index is 0.449. The summed E-state index contributed by atoms with van der Waals surface area (Å²) in [5.74, 6) is 0.612. The number of rotatable bonds is 5. The van der Waals surface area contributed by atoms with Gasteiger partial charge in [-0.2, -0.15) is 5.26 Å². The summed E-state index contributed by atoms with van der Waals surface area (Å²) in [6, 6.07) is 25.5. The maximum absolute atomic E-state index is 9.59. The Bertz CT molecular complexity index is 1160. The summed E-state index contributed by atoms with van der Waals surface area (Å²) in [4.78, 5) is 4.55. The number of aromatic nitrogens is 1. The van der Waals surface area contributed by atoms with Gasteiger partial charge in [0.25, 0.3) is 0 Å². The van der Waals surface area contributed by atoms with Crippen LogP contribution in [0.1, 0.15) is 16.1 Å². The van der Waals surface area contributed by atoms with Crippen LogP contribution < -0.4 is 4.74 Å². The molecule has 0 amide bonds. The lowest BCUT2D eigenvalue weighted by molar-refractivity contribution is 0.306. The Balaban J connectivity index is 1.56. The number of fused-ring (bicyclic) bond motifs is 1. The SMILES string of the molecule is N#C/C(=C/c1ccc(OCc2ccccc2)c(Cl)c1)c1nc2ccccc2s1. The van der Waals surface area contributed by atoms with Crippen LogP contribution in [0.4, 0.5) is 0 Å². The van der Waals surface area contributed by atoms with Crippen LogP contribution in [-0.4, -0.2) is 4.98 Å². The molecule has 0 radical (unpaired) electrons. The predicted molar refractivity (Wildman–Crippen MR) is 115 cm³/mol. The van der Waals surface area contributed by atoms with E-state index >= 15 is 0 Å². The smallest absolute Gasteiger partial charge is 0.138 e. The van der Waals surface area contributed by atoms with E-state index in [1.165, 1.54) is 11.3 Å². The van der Waals surface area contributed by atoms with Gasteiger partial charge in [0.2, 0.25) is 0 Å². The summed E-state index contributed by atoms with van der Waals surface area (Å²) in [6.45, 7) is 0.449. The number of para-hydroxylation sites is 1. The number of ether oxygens (including phenoxy) is 1. The first kappa shape index (κ1) is 18.2. The Morgan fingerprint density at radius 3 is 2.61 bits per heavy atom. The van der Waals surface area contributed by atoms with E-state index in [9.17, 15) is 5.26 Å². The van der Waals surface area contributed by atoms with Crippen LogP contribution in [0.15, 0.2) is 72.8 Å². The zero-order chi connectivity index (χ0) is 19.3. The molecule has 1 aromatic heterocycles. The molecule has 0 aliphatic rings. The summed E-state index contributed by atoms with van der Waals surface area (Å²) in [6.07, 6.45) is 1.80. The quantitative estimate of drug-likeness (QED) is 0.353. The van der Waals surface area contributed by atoms with Gasteiger partial charge in [0.05, 0.1) is 20.8 Å². The zero-order valence-corrected chi connectivity index (χ0v) is 16.4. The average molecular weight is 403 g/mol. The van der Waals surface area contributed by atoms with Crippen molar-refractivity contribution in [3.63, 3.8) is 0 Å². The van der Waals surface area contributed by atoms with Crippen molar-refractivity contribution in [1.29, 1.82) is 5.26 Å². The van der Waals surface area contributed by atoms with Crippen LogP contribution in [-0.2, 0) is 6.61 Å². The Labute approximate surface area is 172 Å². The molecule has 136 valence electrons. The molecule has 0 aliphatic heterocycles. The molecular weight excluding hydrogens is 388 g/mol. The first-order valence-corrected chi connectivity index (χ1v) is 9.86. The van der Waals surface area contributed by atoms with Crippen LogP contribution in [0, 0.1) is 11.3 Å². The second kappa shape index (κ2) is 8.26. The molecule has 0 bridgehead atoms. The number of allylic oxidation sites excluding steroid dienone is 1. The molecule has 4 rings (SSSR count). The number of hydrogen-bond acceptors (Lipinski definition) is 4. The van der Waals surface area contributed by atoms with Crippen LogP contribution in [0.5, 0.6) is 5.75 Å². The fraction of sp³-hybridized carbons (Fsp3) is 0.0435. The molecule has 0 fully saturated rings. The third kappa shape index (κ3) is 4.07. The molecule has 0 aliphatic carbocycles. The monoisotopic (exact) mass is 402 g/mol. The molecule has 1 heterocycles. The van der Waals surface area contributed by atoms with Crippen molar-refractivity contribution < 1.29 is 4.74 Å². The van der Waals surface area contributed by atoms with Crippen LogP contribution in [0.3, 0.4) is 0 Å². The highest BCUT2D eigenvalue weighted by Crippen LogP contribution is 2.30. The molecule has 0 N–H and O–H groups in total. The van der Waals surface area contributed by atoms with Crippen LogP contribution >= 0.6 is 22.9 Å². The van der Waals surface area contributed by atoms with Gasteiger partial charge in [-0.25, -0.2) is 4.98 Å². The highest BCUT2D eigenvalue weighted by Gasteiger charge is 2.09. The molecule has 5 heteroatoms. The number of hydrogen-bond donors (Lipinski definition) is 0. The van der Waals surface area contributed by atoms with E-state index in [0.717, 1.165) is 21.3 Å². The molecule has 28 heavy (non-hydrogen) atoms. The summed E-state index contributed by atoms with van der Waals surface area (Å²) in [7, 11) is 0. The van der Waals surface area contributed by atoms with E-state index in [-0.39, 0.29) is 0 Å². The Morgan fingerprint density at radius 2 is 1.86 bits per heavy atom. The zero-order valence-electron chi connectivity index (χ0n) is 14.8. The summed E-state index contributed by atoms with van der Waals surface area (Å²) in [5, 5.41) is 10.8. The number of nitriles is 1. The van der Waals surface area contributed by atoms with Gasteiger partial charge in [0.1, 0.15) is 23.4 Å². The van der Waals surface area contributed by atoms with Crippen molar-refractivity contribution in [2.75, 3.05) is 0 Å². The van der Waals surface area contributed by atoms with Crippen molar-refractivity contribution in [2.45, 2.75) is 6.61 Å². The van der Waals surface area contributed by atoms with Crippen molar-refractivity contribution in [1.82, 2.24) is 4.98 Å². The Hall–Kier alpha value is -3.13. The van der Waals surface area contributed by atoms with Crippen molar-refractivity contribution in [3.8, 4) is 11.8 Å². The largest absolute Gasteiger partial charge is 0.487 e. The molecule has 0 unspecified atom stereocenters. The maximum Gasteiger partial charge on any atom is 0.138 e. The normalized spacial score (nSPS) is 11.4. The summed E-state index contributed by atoms with van der Waals surface area (Å²) in [5.41, 5.74) is 3.31. The van der Waals surface area contributed by atoms with Gasteiger partial charge in [-0.1, -0.05) is 60.1 Å². The van der Waals surface area contributed by atoms with Crippen molar-refractivity contribution >= 4 is 44.8 Å². The van der Waals surface area contributed by atoms with E-state index in [0.29, 0.717) is 28.0 Å². The number of nitrogens with zero attached hydrogens (tertiary/aromatic N) is 2. The second-order valence-electron chi connectivity index (χ2n) is 6.12. The van der Waals surface area contributed by atoms with E-state index in [1.54, 1.807) is 12.1 Å². The van der Waals surface area contributed by atoms with E-state index in [4.69, 9.17) is 16.3 Å². The fourth-order valence-electron chi connectivity index (χ4n) is 2.76. The van der Waals surface area contributed by atoms with Crippen LogP contribution in [0.25, 0.3) is 21.9 Å². The lowest BCUT2D eigenvalue weighted by Gasteiger charge is -2.08. The standard InChI is InChI=1S/C23H15ClN2OS/c24-19-13-17(10-11-21(19)27-15-16-6-2-1-3-7-16)12-18(14-25)23-26-20-8-4-5-9-22(20)28-23/h1-13H,15H2/b18-12-. The molecule has 0 saturated heterocycles. The summed E-state index contributed by atoms with van der Waals surface area (Å²) < 4.78 is 6.86. The van der Waals surface area contributed by atoms with Crippen LogP contribution in [0.2, 0.25) is 5.02 Å². The second-order valence-corrected chi connectivity index (χ2v) is 7.56. The molecule has 4 aromatic rings. The van der Waals surface area contributed by atoms with E-state index < -0.39 is 0 Å². The molecule has 3 aromatic carbocycles. The van der Waals surface area contributed by atoms with Gasteiger partial charge < -0.3 is 4.74 Å². The van der Waals surface area contributed by atoms with Crippen molar-refractivity contribution in [2.24, 2.45) is 0 Å². The maximum atomic E-state index is 9.59. The fourth-order valence-corrected chi connectivity index (χ4v) is 3.93. The number of thiazole rings is 1. The molecular formula is C23H15ClN2OS. The summed E-state index contributed by atoms with van der Waals surface area (Å²) >= 11 is 7.89. The highest BCUT2D eigenvalue weighted by molar-refractivity contribution is 7.19. The van der Waals surface area contributed by atoms with Gasteiger partial charge in [0.15, 0.2) is 0 Å². The molecule has 0 saturated carbocycles. The third-order valence-corrected chi connectivity index (χ3v) is 5.51. The predicted octanol–water partition coefficient (Wildman–Crippen LogP) is 6.59. The van der Waals surface area contributed by atoms with E-state index in [1.807, 2.05) is 66.7 Å². The average Bonchev–Trinajstić information content (AvgIpc) is 3.16. The highest BCUT2D eigenvalue weighted by atomic mass is 35.5. The Morgan fingerprint density at radius 1 is 1.07 bits per heavy atom. The van der Waals surface area contributed by atoms with E-state index in [2.05, 4.69) is 11.1 Å². The van der Waals surface area contributed by atoms with Gasteiger partial charge >= 0.3 is 0 Å².